The number of nitrogens with one attached hydrogen (secondary N) is 1. The molecule has 0 atom stereocenters. The molecular formula is C20H29NO. The predicted octanol–water partition coefficient (Wildman–Crippen LogP) is 5.01. The van der Waals surface area contributed by atoms with E-state index in [0.717, 1.165) is 25.4 Å². The molecule has 0 heterocycles. The minimum Gasteiger partial charge on any atom is -0.493 e. The Morgan fingerprint density at radius 1 is 1.05 bits per heavy atom. The molecule has 2 nitrogen and oxygen atoms in total. The maximum Gasteiger partial charge on any atom is 0.124 e. The molecule has 2 aromatic rings. The molecule has 0 aliphatic carbocycles. The standard InChI is InChI=1S/C20H29NO/c1-15(2)13-22-19-11-10-16-8-6-7-9-17(16)18(19)12-21-14-20(3,4)5/h6-11,15,21H,12-14H2,1-5H3. The molecule has 0 amide bonds. The Morgan fingerprint density at radius 3 is 2.45 bits per heavy atom. The predicted molar refractivity (Wildman–Crippen MR) is 95.4 cm³/mol. The summed E-state index contributed by atoms with van der Waals surface area (Å²) >= 11 is 0. The lowest BCUT2D eigenvalue weighted by molar-refractivity contribution is 0.268. The summed E-state index contributed by atoms with van der Waals surface area (Å²) in [5.41, 5.74) is 1.55. The second-order valence-electron chi connectivity index (χ2n) is 7.63. The third-order valence-corrected chi connectivity index (χ3v) is 3.53. The highest BCUT2D eigenvalue weighted by atomic mass is 16.5. The molecule has 0 saturated heterocycles. The van der Waals surface area contributed by atoms with Crippen molar-refractivity contribution in [2.75, 3.05) is 13.2 Å². The van der Waals surface area contributed by atoms with Crippen LogP contribution in [0.15, 0.2) is 36.4 Å². The van der Waals surface area contributed by atoms with Gasteiger partial charge in [-0.05, 0) is 28.2 Å². The molecule has 0 aliphatic heterocycles. The molecule has 0 saturated carbocycles. The first kappa shape index (κ1) is 16.8. The average Bonchev–Trinajstić information content (AvgIpc) is 2.44. The first-order chi connectivity index (χ1) is 10.4. The minimum absolute atomic E-state index is 0.281. The van der Waals surface area contributed by atoms with Crippen molar-refractivity contribution in [2.24, 2.45) is 11.3 Å². The van der Waals surface area contributed by atoms with Gasteiger partial charge in [0.25, 0.3) is 0 Å². The fourth-order valence-electron chi connectivity index (χ4n) is 2.45. The second kappa shape index (κ2) is 7.15. The topological polar surface area (TPSA) is 21.3 Å². The van der Waals surface area contributed by atoms with Crippen LogP contribution in [0.25, 0.3) is 10.8 Å². The lowest BCUT2D eigenvalue weighted by atomic mass is 9.96. The molecule has 0 radical (unpaired) electrons. The lowest BCUT2D eigenvalue weighted by Gasteiger charge is -2.21. The van der Waals surface area contributed by atoms with Gasteiger partial charge in [0.05, 0.1) is 6.61 Å². The van der Waals surface area contributed by atoms with Gasteiger partial charge in [-0.15, -0.1) is 0 Å². The Morgan fingerprint density at radius 2 is 1.77 bits per heavy atom. The van der Waals surface area contributed by atoms with E-state index in [9.17, 15) is 0 Å². The minimum atomic E-state index is 0.281. The van der Waals surface area contributed by atoms with Gasteiger partial charge in [-0.3, -0.25) is 0 Å². The normalized spacial score (nSPS) is 12.1. The monoisotopic (exact) mass is 299 g/mol. The fraction of sp³-hybridized carbons (Fsp3) is 0.500. The number of ether oxygens (including phenoxy) is 1. The number of benzene rings is 2. The van der Waals surface area contributed by atoms with Crippen LogP contribution in [0.1, 0.15) is 40.2 Å². The molecule has 0 spiro atoms. The highest BCUT2D eigenvalue weighted by molar-refractivity contribution is 5.87. The molecule has 2 aromatic carbocycles. The van der Waals surface area contributed by atoms with Gasteiger partial charge < -0.3 is 10.1 Å². The molecule has 0 bridgehead atoms. The third kappa shape index (κ3) is 4.74. The first-order valence-corrected chi connectivity index (χ1v) is 8.21. The Balaban J connectivity index is 2.26. The van der Waals surface area contributed by atoms with Crippen LogP contribution in [-0.4, -0.2) is 13.2 Å². The van der Waals surface area contributed by atoms with Gasteiger partial charge >= 0.3 is 0 Å². The number of hydrogen-bond acceptors (Lipinski definition) is 2. The molecule has 2 rings (SSSR count). The van der Waals surface area contributed by atoms with Crippen LogP contribution in [0.5, 0.6) is 5.75 Å². The SMILES string of the molecule is CC(C)COc1ccc2ccccc2c1CNCC(C)(C)C. The average molecular weight is 299 g/mol. The zero-order valence-electron chi connectivity index (χ0n) is 14.6. The summed E-state index contributed by atoms with van der Waals surface area (Å²) in [6.45, 7) is 13.7. The van der Waals surface area contributed by atoms with Crippen molar-refractivity contribution in [3.05, 3.63) is 42.0 Å². The Labute approximate surface area is 134 Å². The van der Waals surface area contributed by atoms with Gasteiger partial charge in [0.15, 0.2) is 0 Å². The molecular weight excluding hydrogens is 270 g/mol. The first-order valence-electron chi connectivity index (χ1n) is 8.21. The van der Waals surface area contributed by atoms with Crippen LogP contribution in [0.4, 0.5) is 0 Å². The van der Waals surface area contributed by atoms with E-state index in [2.05, 4.69) is 76.3 Å². The summed E-state index contributed by atoms with van der Waals surface area (Å²) < 4.78 is 6.05. The summed E-state index contributed by atoms with van der Waals surface area (Å²) in [4.78, 5) is 0. The number of rotatable bonds is 6. The van der Waals surface area contributed by atoms with Crippen molar-refractivity contribution < 1.29 is 4.74 Å². The molecule has 22 heavy (non-hydrogen) atoms. The summed E-state index contributed by atoms with van der Waals surface area (Å²) in [6, 6.07) is 12.8. The van der Waals surface area contributed by atoms with Crippen LogP contribution in [0.2, 0.25) is 0 Å². The molecule has 2 heteroatoms. The van der Waals surface area contributed by atoms with Crippen molar-refractivity contribution in [3.8, 4) is 5.75 Å². The summed E-state index contributed by atoms with van der Waals surface area (Å²) in [5.74, 6) is 1.54. The molecule has 0 unspecified atom stereocenters. The number of fused-ring (bicyclic) bond motifs is 1. The highest BCUT2D eigenvalue weighted by Gasteiger charge is 2.12. The Kier molecular flexibility index (Phi) is 5.47. The summed E-state index contributed by atoms with van der Waals surface area (Å²) in [6.07, 6.45) is 0. The van der Waals surface area contributed by atoms with Crippen LogP contribution in [0.3, 0.4) is 0 Å². The number of hydrogen-bond donors (Lipinski definition) is 1. The van der Waals surface area contributed by atoms with Crippen molar-refractivity contribution >= 4 is 10.8 Å². The zero-order valence-corrected chi connectivity index (χ0v) is 14.6. The van der Waals surface area contributed by atoms with E-state index in [4.69, 9.17) is 4.74 Å². The van der Waals surface area contributed by atoms with Gasteiger partial charge in [-0.1, -0.05) is 65.0 Å². The van der Waals surface area contributed by atoms with E-state index >= 15 is 0 Å². The largest absolute Gasteiger partial charge is 0.493 e. The van der Waals surface area contributed by atoms with E-state index in [-0.39, 0.29) is 5.41 Å². The molecule has 120 valence electrons. The van der Waals surface area contributed by atoms with E-state index < -0.39 is 0 Å². The molecule has 0 aliphatic rings. The van der Waals surface area contributed by atoms with E-state index in [1.54, 1.807) is 0 Å². The lowest BCUT2D eigenvalue weighted by Crippen LogP contribution is -2.26. The van der Waals surface area contributed by atoms with E-state index in [0.29, 0.717) is 5.92 Å². The maximum atomic E-state index is 6.05. The van der Waals surface area contributed by atoms with Crippen molar-refractivity contribution in [1.82, 2.24) is 5.32 Å². The highest BCUT2D eigenvalue weighted by Crippen LogP contribution is 2.28. The molecule has 0 aromatic heterocycles. The van der Waals surface area contributed by atoms with Crippen molar-refractivity contribution in [2.45, 2.75) is 41.2 Å². The van der Waals surface area contributed by atoms with Crippen LogP contribution in [-0.2, 0) is 6.54 Å². The van der Waals surface area contributed by atoms with E-state index in [1.807, 2.05) is 0 Å². The fourth-order valence-corrected chi connectivity index (χ4v) is 2.45. The van der Waals surface area contributed by atoms with Gasteiger partial charge in [0.1, 0.15) is 5.75 Å². The summed E-state index contributed by atoms with van der Waals surface area (Å²) in [7, 11) is 0. The summed E-state index contributed by atoms with van der Waals surface area (Å²) in [5, 5.41) is 6.13. The van der Waals surface area contributed by atoms with Gasteiger partial charge in [-0.2, -0.15) is 0 Å². The maximum absolute atomic E-state index is 6.05. The van der Waals surface area contributed by atoms with E-state index in [1.165, 1.54) is 16.3 Å². The van der Waals surface area contributed by atoms with Crippen LogP contribution < -0.4 is 10.1 Å². The molecule has 0 fully saturated rings. The van der Waals surface area contributed by atoms with Crippen molar-refractivity contribution in [3.63, 3.8) is 0 Å². The third-order valence-electron chi connectivity index (χ3n) is 3.53. The molecule has 1 N–H and O–H groups in total. The quantitative estimate of drug-likeness (QED) is 0.809. The van der Waals surface area contributed by atoms with Gasteiger partial charge in [0, 0.05) is 18.7 Å². The second-order valence-corrected chi connectivity index (χ2v) is 7.63. The van der Waals surface area contributed by atoms with Crippen LogP contribution in [0, 0.1) is 11.3 Å². The Hall–Kier alpha value is -1.54. The smallest absolute Gasteiger partial charge is 0.124 e. The van der Waals surface area contributed by atoms with Crippen molar-refractivity contribution in [1.29, 1.82) is 0 Å². The Bertz CT molecular complexity index is 611. The zero-order chi connectivity index (χ0) is 16.2. The van der Waals surface area contributed by atoms with Gasteiger partial charge in [-0.25, -0.2) is 0 Å². The van der Waals surface area contributed by atoms with Crippen LogP contribution >= 0.6 is 0 Å². The van der Waals surface area contributed by atoms with Gasteiger partial charge in [0.2, 0.25) is 0 Å².